The molecule has 2 aromatic rings. The van der Waals surface area contributed by atoms with Gasteiger partial charge in [0, 0.05) is 18.3 Å². The highest BCUT2D eigenvalue weighted by Crippen LogP contribution is 2.14. The number of carbonyl (C=O) groups is 2. The number of amides is 2. The lowest BCUT2D eigenvalue weighted by atomic mass is 10.1. The van der Waals surface area contributed by atoms with Gasteiger partial charge >= 0.3 is 0 Å². The molecule has 2 rings (SSSR count). The van der Waals surface area contributed by atoms with Crippen LogP contribution in [-0.2, 0) is 0 Å². The fourth-order valence-corrected chi connectivity index (χ4v) is 1.73. The minimum atomic E-state index is -0.590. The Morgan fingerprint density at radius 1 is 1.00 bits per heavy atom. The van der Waals surface area contributed by atoms with Gasteiger partial charge in [-0.2, -0.15) is 0 Å². The van der Waals surface area contributed by atoms with Crippen LogP contribution in [0.1, 0.15) is 20.7 Å². The SMILES string of the molecule is CNC(=O)c1cccc(NC(=O)c2ccccc2F)c1. The summed E-state index contributed by atoms with van der Waals surface area (Å²) in [5, 5.41) is 5.05. The first-order valence-corrected chi connectivity index (χ1v) is 6.00. The third-order valence-electron chi connectivity index (χ3n) is 2.73. The second-order valence-corrected chi connectivity index (χ2v) is 4.09. The van der Waals surface area contributed by atoms with Crippen molar-refractivity contribution >= 4 is 17.5 Å². The molecule has 0 aliphatic rings. The van der Waals surface area contributed by atoms with E-state index in [2.05, 4.69) is 10.6 Å². The standard InChI is InChI=1S/C15H13FN2O2/c1-17-14(19)10-5-4-6-11(9-10)18-15(20)12-7-2-3-8-13(12)16/h2-9H,1H3,(H,17,19)(H,18,20). The molecular formula is C15H13FN2O2. The molecule has 0 saturated heterocycles. The van der Waals surface area contributed by atoms with Crippen molar-refractivity contribution in [1.82, 2.24) is 5.32 Å². The van der Waals surface area contributed by atoms with Crippen LogP contribution >= 0.6 is 0 Å². The van der Waals surface area contributed by atoms with Gasteiger partial charge in [-0.15, -0.1) is 0 Å². The van der Waals surface area contributed by atoms with E-state index in [9.17, 15) is 14.0 Å². The molecule has 0 aliphatic carbocycles. The van der Waals surface area contributed by atoms with Crippen molar-refractivity contribution in [3.05, 3.63) is 65.5 Å². The predicted octanol–water partition coefficient (Wildman–Crippen LogP) is 2.44. The van der Waals surface area contributed by atoms with Gasteiger partial charge in [-0.25, -0.2) is 4.39 Å². The van der Waals surface area contributed by atoms with Crippen LogP contribution in [0.15, 0.2) is 48.5 Å². The number of carbonyl (C=O) groups excluding carboxylic acids is 2. The number of halogens is 1. The van der Waals surface area contributed by atoms with Crippen molar-refractivity contribution < 1.29 is 14.0 Å². The van der Waals surface area contributed by atoms with Crippen molar-refractivity contribution in [2.45, 2.75) is 0 Å². The smallest absolute Gasteiger partial charge is 0.258 e. The van der Waals surface area contributed by atoms with Crippen molar-refractivity contribution in [2.24, 2.45) is 0 Å². The van der Waals surface area contributed by atoms with E-state index >= 15 is 0 Å². The summed E-state index contributed by atoms with van der Waals surface area (Å²) in [6.07, 6.45) is 0. The molecule has 2 aromatic carbocycles. The Kier molecular flexibility index (Phi) is 4.10. The minimum absolute atomic E-state index is 0.0437. The summed E-state index contributed by atoms with van der Waals surface area (Å²) in [6.45, 7) is 0. The Balaban J connectivity index is 2.20. The summed E-state index contributed by atoms with van der Waals surface area (Å²) in [5.74, 6) is -1.41. The maximum absolute atomic E-state index is 13.5. The summed E-state index contributed by atoms with van der Waals surface area (Å²) in [6, 6.07) is 12.1. The van der Waals surface area contributed by atoms with Crippen LogP contribution in [0.25, 0.3) is 0 Å². The van der Waals surface area contributed by atoms with E-state index in [0.717, 1.165) is 0 Å². The highest BCUT2D eigenvalue weighted by Gasteiger charge is 2.11. The van der Waals surface area contributed by atoms with E-state index in [1.54, 1.807) is 24.3 Å². The van der Waals surface area contributed by atoms with Gasteiger partial charge in [-0.3, -0.25) is 9.59 Å². The Labute approximate surface area is 115 Å². The minimum Gasteiger partial charge on any atom is -0.355 e. The van der Waals surface area contributed by atoms with Crippen LogP contribution in [-0.4, -0.2) is 18.9 Å². The van der Waals surface area contributed by atoms with E-state index in [0.29, 0.717) is 11.3 Å². The molecule has 0 atom stereocenters. The van der Waals surface area contributed by atoms with Gasteiger partial charge in [0.05, 0.1) is 5.56 Å². The molecule has 0 heterocycles. The highest BCUT2D eigenvalue weighted by atomic mass is 19.1. The summed E-state index contributed by atoms with van der Waals surface area (Å²) in [7, 11) is 1.52. The first-order valence-electron chi connectivity index (χ1n) is 6.00. The van der Waals surface area contributed by atoms with Crippen LogP contribution in [0.2, 0.25) is 0 Å². The lowest BCUT2D eigenvalue weighted by Gasteiger charge is -2.07. The monoisotopic (exact) mass is 272 g/mol. The quantitative estimate of drug-likeness (QED) is 0.901. The summed E-state index contributed by atoms with van der Waals surface area (Å²) < 4.78 is 13.5. The van der Waals surface area contributed by atoms with E-state index in [4.69, 9.17) is 0 Å². The van der Waals surface area contributed by atoms with Crippen LogP contribution in [0.3, 0.4) is 0 Å². The van der Waals surface area contributed by atoms with Crippen molar-refractivity contribution in [3.63, 3.8) is 0 Å². The number of hydrogen-bond donors (Lipinski definition) is 2. The molecule has 0 spiro atoms. The molecule has 0 saturated carbocycles. The number of hydrogen-bond acceptors (Lipinski definition) is 2. The third-order valence-corrected chi connectivity index (χ3v) is 2.73. The second-order valence-electron chi connectivity index (χ2n) is 4.09. The van der Waals surface area contributed by atoms with Gasteiger partial charge in [0.2, 0.25) is 0 Å². The molecule has 2 amide bonds. The molecule has 0 bridgehead atoms. The van der Waals surface area contributed by atoms with Gasteiger partial charge in [0.15, 0.2) is 0 Å². The molecule has 0 fully saturated rings. The first kappa shape index (κ1) is 13.7. The summed E-state index contributed by atoms with van der Waals surface area (Å²) in [5.41, 5.74) is 0.802. The Hall–Kier alpha value is -2.69. The predicted molar refractivity (Wildman–Crippen MR) is 74.2 cm³/mol. The molecule has 0 aromatic heterocycles. The highest BCUT2D eigenvalue weighted by molar-refractivity contribution is 6.05. The van der Waals surface area contributed by atoms with Gasteiger partial charge in [-0.05, 0) is 30.3 Å². The Bertz CT molecular complexity index is 656. The van der Waals surface area contributed by atoms with E-state index < -0.39 is 11.7 Å². The topological polar surface area (TPSA) is 58.2 Å². The van der Waals surface area contributed by atoms with Crippen molar-refractivity contribution in [3.8, 4) is 0 Å². The lowest BCUT2D eigenvalue weighted by molar-refractivity contribution is 0.0961. The Morgan fingerprint density at radius 3 is 2.45 bits per heavy atom. The maximum Gasteiger partial charge on any atom is 0.258 e. The molecule has 4 nitrogen and oxygen atoms in total. The summed E-state index contributed by atoms with van der Waals surface area (Å²) in [4.78, 5) is 23.4. The summed E-state index contributed by atoms with van der Waals surface area (Å²) >= 11 is 0. The zero-order chi connectivity index (χ0) is 14.5. The number of nitrogens with one attached hydrogen (secondary N) is 2. The van der Waals surface area contributed by atoms with Gasteiger partial charge in [0.25, 0.3) is 11.8 Å². The van der Waals surface area contributed by atoms with E-state index in [-0.39, 0.29) is 11.5 Å². The lowest BCUT2D eigenvalue weighted by Crippen LogP contribution is -2.18. The van der Waals surface area contributed by atoms with E-state index in [1.165, 1.54) is 31.3 Å². The largest absolute Gasteiger partial charge is 0.355 e. The zero-order valence-corrected chi connectivity index (χ0v) is 10.8. The fourth-order valence-electron chi connectivity index (χ4n) is 1.73. The molecule has 5 heteroatoms. The van der Waals surface area contributed by atoms with E-state index in [1.807, 2.05) is 0 Å². The van der Waals surface area contributed by atoms with Crippen LogP contribution in [0, 0.1) is 5.82 Å². The molecule has 0 radical (unpaired) electrons. The molecular weight excluding hydrogens is 259 g/mol. The van der Waals surface area contributed by atoms with Crippen molar-refractivity contribution in [2.75, 3.05) is 12.4 Å². The molecule has 102 valence electrons. The number of rotatable bonds is 3. The number of anilines is 1. The van der Waals surface area contributed by atoms with Crippen LogP contribution in [0.5, 0.6) is 0 Å². The van der Waals surface area contributed by atoms with Crippen molar-refractivity contribution in [1.29, 1.82) is 0 Å². The Morgan fingerprint density at radius 2 is 1.75 bits per heavy atom. The van der Waals surface area contributed by atoms with Gasteiger partial charge < -0.3 is 10.6 Å². The average Bonchev–Trinajstić information content (AvgIpc) is 2.47. The first-order chi connectivity index (χ1) is 9.61. The fraction of sp³-hybridized carbons (Fsp3) is 0.0667. The van der Waals surface area contributed by atoms with Gasteiger partial charge in [0.1, 0.15) is 5.82 Å². The maximum atomic E-state index is 13.5. The molecule has 0 unspecified atom stereocenters. The zero-order valence-electron chi connectivity index (χ0n) is 10.8. The molecule has 2 N–H and O–H groups in total. The third kappa shape index (κ3) is 3.00. The molecule has 0 aliphatic heterocycles. The second kappa shape index (κ2) is 5.97. The number of benzene rings is 2. The molecule has 20 heavy (non-hydrogen) atoms. The van der Waals surface area contributed by atoms with Crippen LogP contribution < -0.4 is 10.6 Å². The normalized spacial score (nSPS) is 9.90. The van der Waals surface area contributed by atoms with Gasteiger partial charge in [-0.1, -0.05) is 18.2 Å². The van der Waals surface area contributed by atoms with Crippen LogP contribution in [0.4, 0.5) is 10.1 Å². The average molecular weight is 272 g/mol.